The van der Waals surface area contributed by atoms with Gasteiger partial charge in [-0.3, -0.25) is 9.59 Å². The van der Waals surface area contributed by atoms with Crippen molar-refractivity contribution in [3.8, 4) is 0 Å². The van der Waals surface area contributed by atoms with Crippen molar-refractivity contribution in [1.82, 2.24) is 10.2 Å². The first-order valence-electron chi connectivity index (χ1n) is 6.77. The minimum atomic E-state index is -0.446. The number of halogens is 1. The zero-order chi connectivity index (χ0) is 13.7. The minimum absolute atomic E-state index is 0. The van der Waals surface area contributed by atoms with E-state index in [1.165, 1.54) is 0 Å². The molecule has 19 heavy (non-hydrogen) atoms. The number of carbonyl (C=O) groups excluding carboxylic acids is 2. The predicted octanol–water partition coefficient (Wildman–Crippen LogP) is 0.766. The van der Waals surface area contributed by atoms with Crippen LogP contribution in [0.2, 0.25) is 0 Å². The third-order valence-electron chi connectivity index (χ3n) is 3.89. The molecule has 1 rings (SSSR count). The minimum Gasteiger partial charge on any atom is -0.359 e. The Hall–Kier alpha value is -0.810. The van der Waals surface area contributed by atoms with Crippen molar-refractivity contribution in [1.29, 1.82) is 0 Å². The van der Waals surface area contributed by atoms with Crippen LogP contribution in [0, 0.1) is 11.8 Å². The summed E-state index contributed by atoms with van der Waals surface area (Å²) in [5.41, 5.74) is 5.96. The SMILES string of the molecule is CCC(C)C(N)C(=O)N1CCCC(C(=O)NC)C1.Cl. The van der Waals surface area contributed by atoms with E-state index in [9.17, 15) is 9.59 Å². The number of piperidine rings is 1. The van der Waals surface area contributed by atoms with Crippen molar-refractivity contribution in [3.63, 3.8) is 0 Å². The molecule has 0 aromatic rings. The van der Waals surface area contributed by atoms with Crippen molar-refractivity contribution in [3.05, 3.63) is 0 Å². The number of nitrogens with one attached hydrogen (secondary N) is 1. The third kappa shape index (κ3) is 4.66. The number of carbonyl (C=O) groups is 2. The molecule has 0 saturated carbocycles. The van der Waals surface area contributed by atoms with Gasteiger partial charge in [0.1, 0.15) is 0 Å². The van der Waals surface area contributed by atoms with Crippen molar-refractivity contribution in [2.24, 2.45) is 17.6 Å². The van der Waals surface area contributed by atoms with Gasteiger partial charge < -0.3 is 16.0 Å². The lowest BCUT2D eigenvalue weighted by Crippen LogP contribution is -2.52. The summed E-state index contributed by atoms with van der Waals surface area (Å²) in [6, 6.07) is -0.446. The van der Waals surface area contributed by atoms with Crippen molar-refractivity contribution >= 4 is 24.2 Å². The van der Waals surface area contributed by atoms with Gasteiger partial charge >= 0.3 is 0 Å². The van der Waals surface area contributed by atoms with E-state index < -0.39 is 6.04 Å². The van der Waals surface area contributed by atoms with Crippen LogP contribution in [0.25, 0.3) is 0 Å². The molecule has 3 unspecified atom stereocenters. The van der Waals surface area contributed by atoms with E-state index in [2.05, 4.69) is 5.32 Å². The molecule has 1 fully saturated rings. The number of hydrogen-bond donors (Lipinski definition) is 2. The molecule has 0 radical (unpaired) electrons. The van der Waals surface area contributed by atoms with Crippen LogP contribution >= 0.6 is 12.4 Å². The van der Waals surface area contributed by atoms with Crippen LogP contribution in [-0.4, -0.2) is 42.9 Å². The smallest absolute Gasteiger partial charge is 0.239 e. The van der Waals surface area contributed by atoms with Gasteiger partial charge in [-0.15, -0.1) is 12.4 Å². The summed E-state index contributed by atoms with van der Waals surface area (Å²) in [6.45, 7) is 5.24. The number of likely N-dealkylation sites (tertiary alicyclic amines) is 1. The molecule has 1 aliphatic rings. The lowest BCUT2D eigenvalue weighted by atomic mass is 9.94. The molecule has 1 heterocycles. The molecule has 0 spiro atoms. The number of rotatable bonds is 4. The standard InChI is InChI=1S/C13H25N3O2.ClH/c1-4-9(2)11(14)13(18)16-7-5-6-10(8-16)12(17)15-3;/h9-11H,4-8,14H2,1-3H3,(H,15,17);1H. The van der Waals surface area contributed by atoms with Crippen molar-refractivity contribution in [2.75, 3.05) is 20.1 Å². The second-order valence-electron chi connectivity index (χ2n) is 5.15. The molecule has 0 bridgehead atoms. The zero-order valence-corrected chi connectivity index (χ0v) is 12.8. The summed E-state index contributed by atoms with van der Waals surface area (Å²) < 4.78 is 0. The fourth-order valence-corrected chi connectivity index (χ4v) is 2.30. The summed E-state index contributed by atoms with van der Waals surface area (Å²) in [7, 11) is 1.63. The Labute approximate surface area is 121 Å². The van der Waals surface area contributed by atoms with E-state index >= 15 is 0 Å². The summed E-state index contributed by atoms with van der Waals surface area (Å²) >= 11 is 0. The fraction of sp³-hybridized carbons (Fsp3) is 0.846. The van der Waals surface area contributed by atoms with Gasteiger partial charge in [0.25, 0.3) is 0 Å². The molecule has 1 aliphatic heterocycles. The highest BCUT2D eigenvalue weighted by Crippen LogP contribution is 2.18. The molecule has 1 saturated heterocycles. The van der Waals surface area contributed by atoms with Crippen LogP contribution in [-0.2, 0) is 9.59 Å². The third-order valence-corrected chi connectivity index (χ3v) is 3.89. The Morgan fingerprint density at radius 2 is 2.11 bits per heavy atom. The molecule has 3 atom stereocenters. The highest BCUT2D eigenvalue weighted by Gasteiger charge is 2.31. The largest absolute Gasteiger partial charge is 0.359 e. The Morgan fingerprint density at radius 3 is 2.63 bits per heavy atom. The van der Waals surface area contributed by atoms with Gasteiger partial charge in [0, 0.05) is 20.1 Å². The Morgan fingerprint density at radius 1 is 1.47 bits per heavy atom. The van der Waals surface area contributed by atoms with Crippen molar-refractivity contribution in [2.45, 2.75) is 39.2 Å². The van der Waals surface area contributed by atoms with Gasteiger partial charge in [0.2, 0.25) is 11.8 Å². The summed E-state index contributed by atoms with van der Waals surface area (Å²) in [4.78, 5) is 25.6. The fourth-order valence-electron chi connectivity index (χ4n) is 2.30. The molecule has 112 valence electrons. The van der Waals surface area contributed by atoms with Gasteiger partial charge in [-0.2, -0.15) is 0 Å². The summed E-state index contributed by atoms with van der Waals surface area (Å²) in [5, 5.41) is 2.65. The molecule has 3 N–H and O–H groups in total. The van der Waals surface area contributed by atoms with E-state index in [4.69, 9.17) is 5.73 Å². The lowest BCUT2D eigenvalue weighted by Gasteiger charge is -2.34. The monoisotopic (exact) mass is 291 g/mol. The molecule has 2 amide bonds. The van der Waals surface area contributed by atoms with Crippen LogP contribution < -0.4 is 11.1 Å². The molecule has 0 aliphatic carbocycles. The van der Waals surface area contributed by atoms with Gasteiger partial charge in [-0.05, 0) is 18.8 Å². The highest BCUT2D eigenvalue weighted by molar-refractivity contribution is 5.85. The number of hydrogen-bond acceptors (Lipinski definition) is 3. The normalized spacial score (nSPS) is 22.1. The summed E-state index contributed by atoms with van der Waals surface area (Å²) in [5.74, 6) is 0.0947. The van der Waals surface area contributed by atoms with Gasteiger partial charge in [-0.25, -0.2) is 0 Å². The van der Waals surface area contributed by atoms with Crippen LogP contribution in [0.15, 0.2) is 0 Å². The van der Waals surface area contributed by atoms with Crippen LogP contribution in [0.3, 0.4) is 0 Å². The molecule has 6 heteroatoms. The second-order valence-corrected chi connectivity index (χ2v) is 5.15. The average molecular weight is 292 g/mol. The molecule has 0 aromatic heterocycles. The number of nitrogens with two attached hydrogens (primary N) is 1. The van der Waals surface area contributed by atoms with E-state index in [0.29, 0.717) is 6.54 Å². The second kappa shape index (κ2) is 8.38. The quantitative estimate of drug-likeness (QED) is 0.803. The van der Waals surface area contributed by atoms with E-state index in [1.807, 2.05) is 13.8 Å². The van der Waals surface area contributed by atoms with E-state index in [-0.39, 0.29) is 36.1 Å². The van der Waals surface area contributed by atoms with Gasteiger partial charge in [0.15, 0.2) is 0 Å². The zero-order valence-electron chi connectivity index (χ0n) is 12.0. The van der Waals surface area contributed by atoms with E-state index in [0.717, 1.165) is 25.8 Å². The first-order chi connectivity index (χ1) is 8.51. The van der Waals surface area contributed by atoms with Crippen LogP contribution in [0.4, 0.5) is 0 Å². The Bertz CT molecular complexity index is 312. The molecule has 5 nitrogen and oxygen atoms in total. The van der Waals surface area contributed by atoms with Crippen LogP contribution in [0.1, 0.15) is 33.1 Å². The molecular weight excluding hydrogens is 266 g/mol. The molecular formula is C13H26ClN3O2. The van der Waals surface area contributed by atoms with Gasteiger partial charge in [0.05, 0.1) is 12.0 Å². The van der Waals surface area contributed by atoms with E-state index in [1.54, 1.807) is 11.9 Å². The maximum atomic E-state index is 12.2. The summed E-state index contributed by atoms with van der Waals surface area (Å²) in [6.07, 6.45) is 2.61. The Balaban J connectivity index is 0.00000324. The number of amides is 2. The maximum Gasteiger partial charge on any atom is 0.239 e. The topological polar surface area (TPSA) is 75.4 Å². The number of nitrogens with zero attached hydrogens (tertiary/aromatic N) is 1. The highest BCUT2D eigenvalue weighted by atomic mass is 35.5. The first kappa shape index (κ1) is 18.2. The van der Waals surface area contributed by atoms with Gasteiger partial charge in [-0.1, -0.05) is 20.3 Å². The van der Waals surface area contributed by atoms with Crippen LogP contribution in [0.5, 0.6) is 0 Å². The predicted molar refractivity (Wildman–Crippen MR) is 78.0 cm³/mol. The maximum absolute atomic E-state index is 12.2. The first-order valence-corrected chi connectivity index (χ1v) is 6.77. The Kier molecular flexibility index (Phi) is 8.02. The average Bonchev–Trinajstić information content (AvgIpc) is 2.43. The van der Waals surface area contributed by atoms with Crippen molar-refractivity contribution < 1.29 is 9.59 Å². The lowest BCUT2D eigenvalue weighted by molar-refractivity contribution is -0.137. The molecule has 0 aromatic carbocycles.